The second-order valence-corrected chi connectivity index (χ2v) is 4.08. The third-order valence-corrected chi connectivity index (χ3v) is 2.83. The van der Waals surface area contributed by atoms with Crippen molar-refractivity contribution in [3.8, 4) is 0 Å². The van der Waals surface area contributed by atoms with Gasteiger partial charge in [0.05, 0.1) is 5.38 Å². The fourth-order valence-electron chi connectivity index (χ4n) is 1.44. The summed E-state index contributed by atoms with van der Waals surface area (Å²) in [4.78, 5) is 0. The summed E-state index contributed by atoms with van der Waals surface area (Å²) in [7, 11) is 0. The summed E-state index contributed by atoms with van der Waals surface area (Å²) < 4.78 is 0. The van der Waals surface area contributed by atoms with Gasteiger partial charge in [0.2, 0.25) is 0 Å². The van der Waals surface area contributed by atoms with E-state index in [4.69, 9.17) is 11.6 Å². The van der Waals surface area contributed by atoms with Gasteiger partial charge in [0, 0.05) is 0 Å². The van der Waals surface area contributed by atoms with Crippen LogP contribution in [0, 0.1) is 5.92 Å². The van der Waals surface area contributed by atoms with Gasteiger partial charge >= 0.3 is 0 Å². The number of halogens is 1. The minimum Gasteiger partial charge on any atom is -0.118 e. The molecule has 1 aliphatic carbocycles. The van der Waals surface area contributed by atoms with Crippen LogP contribution in [0.2, 0.25) is 0 Å². The van der Waals surface area contributed by atoms with Crippen molar-refractivity contribution in [1.82, 2.24) is 0 Å². The molecular formula is C11H13Cl. The molecule has 1 saturated carbocycles. The molecule has 1 atom stereocenters. The van der Waals surface area contributed by atoms with Crippen molar-refractivity contribution in [3.05, 3.63) is 35.9 Å². The number of alkyl halides is 1. The number of rotatable bonds is 3. The van der Waals surface area contributed by atoms with Crippen molar-refractivity contribution < 1.29 is 0 Å². The highest BCUT2D eigenvalue weighted by Gasteiger charge is 2.24. The van der Waals surface area contributed by atoms with Crippen molar-refractivity contribution in [2.75, 3.05) is 0 Å². The molecule has 0 aromatic heterocycles. The smallest absolute Gasteiger partial charge is 0.0587 e. The van der Waals surface area contributed by atoms with E-state index in [1.165, 1.54) is 18.4 Å². The minimum atomic E-state index is 0.235. The first-order valence-corrected chi connectivity index (χ1v) is 4.99. The van der Waals surface area contributed by atoms with Crippen molar-refractivity contribution in [3.63, 3.8) is 0 Å². The molecule has 64 valence electrons. The van der Waals surface area contributed by atoms with Crippen LogP contribution in [0.15, 0.2) is 30.3 Å². The Kier molecular flexibility index (Phi) is 2.36. The average molecular weight is 181 g/mol. The number of benzene rings is 1. The molecule has 0 heterocycles. The maximum atomic E-state index is 6.24. The fourth-order valence-corrected chi connectivity index (χ4v) is 1.84. The van der Waals surface area contributed by atoms with Gasteiger partial charge in [-0.05, 0) is 17.9 Å². The van der Waals surface area contributed by atoms with E-state index in [9.17, 15) is 0 Å². The van der Waals surface area contributed by atoms with Gasteiger partial charge in [-0.15, -0.1) is 11.6 Å². The van der Waals surface area contributed by atoms with Crippen LogP contribution in [0.25, 0.3) is 0 Å². The summed E-state index contributed by atoms with van der Waals surface area (Å²) in [6, 6.07) is 10.4. The van der Waals surface area contributed by atoms with Crippen LogP contribution in [0.1, 0.15) is 30.2 Å². The van der Waals surface area contributed by atoms with Gasteiger partial charge in [-0.25, -0.2) is 0 Å². The molecule has 1 fully saturated rings. The molecule has 0 saturated heterocycles. The SMILES string of the molecule is ClC(CC1CC1)c1ccccc1. The van der Waals surface area contributed by atoms with E-state index >= 15 is 0 Å². The van der Waals surface area contributed by atoms with E-state index in [2.05, 4.69) is 24.3 Å². The highest BCUT2D eigenvalue weighted by atomic mass is 35.5. The van der Waals surface area contributed by atoms with Gasteiger partial charge in [0.15, 0.2) is 0 Å². The van der Waals surface area contributed by atoms with Gasteiger partial charge < -0.3 is 0 Å². The Morgan fingerprint density at radius 3 is 2.50 bits per heavy atom. The molecule has 2 rings (SSSR count). The molecule has 0 bridgehead atoms. The molecule has 0 aliphatic heterocycles. The van der Waals surface area contributed by atoms with Crippen LogP contribution < -0.4 is 0 Å². The van der Waals surface area contributed by atoms with Crippen molar-refractivity contribution in [1.29, 1.82) is 0 Å². The highest BCUT2D eigenvalue weighted by Crippen LogP contribution is 2.40. The summed E-state index contributed by atoms with van der Waals surface area (Å²) in [5, 5.41) is 0.235. The number of hydrogen-bond acceptors (Lipinski definition) is 0. The number of hydrogen-bond donors (Lipinski definition) is 0. The second-order valence-electron chi connectivity index (χ2n) is 3.56. The van der Waals surface area contributed by atoms with E-state index in [1.54, 1.807) is 0 Å². The molecule has 0 spiro atoms. The van der Waals surface area contributed by atoms with Crippen molar-refractivity contribution >= 4 is 11.6 Å². The first-order valence-electron chi connectivity index (χ1n) is 4.55. The van der Waals surface area contributed by atoms with Gasteiger partial charge in [0.25, 0.3) is 0 Å². The molecule has 0 nitrogen and oxygen atoms in total. The predicted molar refractivity (Wildman–Crippen MR) is 52.4 cm³/mol. The lowest BCUT2D eigenvalue weighted by Gasteiger charge is -2.07. The molecule has 1 heteroatoms. The molecule has 0 N–H and O–H groups in total. The summed E-state index contributed by atoms with van der Waals surface area (Å²) in [6.07, 6.45) is 3.93. The standard InChI is InChI=1S/C11H13Cl/c12-11(8-9-6-7-9)10-4-2-1-3-5-10/h1-5,9,11H,6-8H2. The Bertz CT molecular complexity index is 238. The maximum Gasteiger partial charge on any atom is 0.0587 e. The van der Waals surface area contributed by atoms with Crippen LogP contribution in [-0.2, 0) is 0 Å². The van der Waals surface area contributed by atoms with Crippen LogP contribution in [0.3, 0.4) is 0 Å². The van der Waals surface area contributed by atoms with Gasteiger partial charge in [-0.3, -0.25) is 0 Å². The third-order valence-electron chi connectivity index (χ3n) is 2.40. The van der Waals surface area contributed by atoms with Crippen LogP contribution in [0.4, 0.5) is 0 Å². The fraction of sp³-hybridized carbons (Fsp3) is 0.455. The quantitative estimate of drug-likeness (QED) is 0.622. The zero-order chi connectivity index (χ0) is 8.39. The predicted octanol–water partition coefficient (Wildman–Crippen LogP) is 3.77. The largest absolute Gasteiger partial charge is 0.118 e. The molecule has 1 unspecified atom stereocenters. The first-order chi connectivity index (χ1) is 5.86. The Hall–Kier alpha value is -0.490. The lowest BCUT2D eigenvalue weighted by molar-refractivity contribution is 0.706. The summed E-state index contributed by atoms with van der Waals surface area (Å²) >= 11 is 6.24. The molecule has 12 heavy (non-hydrogen) atoms. The highest BCUT2D eigenvalue weighted by molar-refractivity contribution is 6.20. The summed E-state index contributed by atoms with van der Waals surface area (Å²) in [5.74, 6) is 0.910. The lowest BCUT2D eigenvalue weighted by atomic mass is 10.1. The second kappa shape index (κ2) is 3.49. The molecule has 1 aromatic carbocycles. The maximum absolute atomic E-state index is 6.24. The topological polar surface area (TPSA) is 0 Å². The van der Waals surface area contributed by atoms with Gasteiger partial charge in [-0.2, -0.15) is 0 Å². The lowest BCUT2D eigenvalue weighted by Crippen LogP contribution is -1.90. The van der Waals surface area contributed by atoms with E-state index < -0.39 is 0 Å². The van der Waals surface area contributed by atoms with E-state index in [-0.39, 0.29) is 5.38 Å². The minimum absolute atomic E-state index is 0.235. The van der Waals surface area contributed by atoms with E-state index in [0.29, 0.717) is 0 Å². The third kappa shape index (κ3) is 2.01. The Balaban J connectivity index is 1.98. The van der Waals surface area contributed by atoms with Crippen LogP contribution in [-0.4, -0.2) is 0 Å². The molecule has 1 aliphatic rings. The first kappa shape index (κ1) is 8.12. The van der Waals surface area contributed by atoms with Crippen molar-refractivity contribution in [2.45, 2.75) is 24.6 Å². The van der Waals surface area contributed by atoms with Crippen LogP contribution in [0.5, 0.6) is 0 Å². The molecule has 0 amide bonds. The van der Waals surface area contributed by atoms with Crippen molar-refractivity contribution in [2.24, 2.45) is 5.92 Å². The van der Waals surface area contributed by atoms with E-state index in [1.807, 2.05) is 6.07 Å². The Labute approximate surface area is 78.6 Å². The van der Waals surface area contributed by atoms with Gasteiger partial charge in [-0.1, -0.05) is 43.2 Å². The molecule has 1 aromatic rings. The van der Waals surface area contributed by atoms with E-state index in [0.717, 1.165) is 12.3 Å². The average Bonchev–Trinajstić information content (AvgIpc) is 2.90. The van der Waals surface area contributed by atoms with Gasteiger partial charge in [0.1, 0.15) is 0 Å². The monoisotopic (exact) mass is 180 g/mol. The zero-order valence-corrected chi connectivity index (χ0v) is 7.80. The Morgan fingerprint density at radius 2 is 1.92 bits per heavy atom. The molecular weight excluding hydrogens is 168 g/mol. The summed E-state index contributed by atoms with van der Waals surface area (Å²) in [6.45, 7) is 0. The molecule has 0 radical (unpaired) electrons. The Morgan fingerprint density at radius 1 is 1.25 bits per heavy atom. The zero-order valence-electron chi connectivity index (χ0n) is 7.04. The van der Waals surface area contributed by atoms with Crippen LogP contribution >= 0.6 is 11.6 Å². The normalized spacial score (nSPS) is 19.1. The summed E-state index contributed by atoms with van der Waals surface area (Å²) in [5.41, 5.74) is 1.27.